The van der Waals surface area contributed by atoms with Gasteiger partial charge in [-0.3, -0.25) is 9.59 Å². The molecule has 2 heterocycles. The number of nitrogens with one attached hydrogen (secondary N) is 2. The van der Waals surface area contributed by atoms with Gasteiger partial charge in [0.05, 0.1) is 26.2 Å². The lowest BCUT2D eigenvalue weighted by molar-refractivity contribution is -0.895. The smallest absolute Gasteiger partial charge is 0.279 e. The van der Waals surface area contributed by atoms with Crippen LogP contribution in [0, 0.1) is 0 Å². The van der Waals surface area contributed by atoms with E-state index in [0.29, 0.717) is 6.54 Å². The Morgan fingerprint density at radius 1 is 1.04 bits per heavy atom. The number of aromatic nitrogens is 1. The standard InChI is InChI=1S/C22H26N4O2/c1-3-26-20-7-5-4-6-18(20)19-14-17(8-9-21(19)26)23-22(28)15-24-10-12-25(13-11-24)16(2)27/h4-9,14H,3,10-13,15H2,1-2H3,(H,23,28)/p+1. The van der Waals surface area contributed by atoms with Crippen molar-refractivity contribution in [3.63, 3.8) is 0 Å². The van der Waals surface area contributed by atoms with Crippen molar-refractivity contribution >= 4 is 39.3 Å². The summed E-state index contributed by atoms with van der Waals surface area (Å²) in [6, 6.07) is 14.5. The molecule has 2 N–H and O–H groups in total. The zero-order valence-corrected chi connectivity index (χ0v) is 16.5. The first kappa shape index (κ1) is 18.5. The molecule has 146 valence electrons. The topological polar surface area (TPSA) is 58.8 Å². The van der Waals surface area contributed by atoms with Gasteiger partial charge in [-0.15, -0.1) is 0 Å². The maximum Gasteiger partial charge on any atom is 0.279 e. The van der Waals surface area contributed by atoms with Gasteiger partial charge in [0, 0.05) is 41.0 Å². The lowest BCUT2D eigenvalue weighted by Crippen LogP contribution is -3.15. The number of carbonyl (C=O) groups is 2. The first-order valence-corrected chi connectivity index (χ1v) is 9.96. The molecule has 1 aromatic heterocycles. The molecule has 28 heavy (non-hydrogen) atoms. The Bertz CT molecular complexity index is 1030. The molecule has 2 amide bonds. The number of hydrogen-bond acceptors (Lipinski definition) is 2. The molecule has 6 heteroatoms. The quantitative estimate of drug-likeness (QED) is 0.722. The summed E-state index contributed by atoms with van der Waals surface area (Å²) in [7, 11) is 0. The zero-order valence-electron chi connectivity index (χ0n) is 16.5. The third kappa shape index (κ3) is 3.47. The molecule has 1 aliphatic rings. The summed E-state index contributed by atoms with van der Waals surface area (Å²) in [6.45, 7) is 8.16. The number of aryl methyl sites for hydroxylation is 1. The Balaban J connectivity index is 1.48. The summed E-state index contributed by atoms with van der Waals surface area (Å²) >= 11 is 0. The summed E-state index contributed by atoms with van der Waals surface area (Å²) in [5, 5.41) is 5.43. The number of hydrogen-bond donors (Lipinski definition) is 2. The van der Waals surface area contributed by atoms with E-state index in [4.69, 9.17) is 0 Å². The van der Waals surface area contributed by atoms with Gasteiger partial charge in [0.25, 0.3) is 5.91 Å². The monoisotopic (exact) mass is 379 g/mol. The van der Waals surface area contributed by atoms with E-state index < -0.39 is 0 Å². The fourth-order valence-electron chi connectivity index (χ4n) is 4.22. The van der Waals surface area contributed by atoms with Crippen LogP contribution in [-0.4, -0.2) is 54.0 Å². The SMILES string of the molecule is CCn1c2ccccc2c2cc(NC(=O)C[NH+]3CCN(C(C)=O)CC3)ccc21. The summed E-state index contributed by atoms with van der Waals surface area (Å²) in [4.78, 5) is 27.0. The maximum absolute atomic E-state index is 12.5. The van der Waals surface area contributed by atoms with Crippen LogP contribution in [0.3, 0.4) is 0 Å². The molecule has 2 aromatic carbocycles. The predicted molar refractivity (Wildman–Crippen MR) is 112 cm³/mol. The number of nitrogens with zero attached hydrogens (tertiary/aromatic N) is 2. The molecule has 0 atom stereocenters. The average Bonchev–Trinajstić information content (AvgIpc) is 3.01. The minimum atomic E-state index is 0.0184. The van der Waals surface area contributed by atoms with E-state index in [-0.39, 0.29) is 11.8 Å². The Morgan fingerprint density at radius 3 is 2.46 bits per heavy atom. The number of benzene rings is 2. The van der Waals surface area contributed by atoms with Crippen molar-refractivity contribution in [1.29, 1.82) is 0 Å². The Kier molecular flexibility index (Phi) is 5.05. The zero-order chi connectivity index (χ0) is 19.7. The molecule has 0 aliphatic carbocycles. The van der Waals surface area contributed by atoms with E-state index in [1.165, 1.54) is 21.3 Å². The first-order valence-electron chi connectivity index (χ1n) is 9.96. The number of piperazine rings is 1. The molecule has 3 aromatic rings. The largest absolute Gasteiger partial charge is 0.341 e. The number of carbonyl (C=O) groups excluding carboxylic acids is 2. The Hall–Kier alpha value is -2.86. The van der Waals surface area contributed by atoms with Crippen LogP contribution in [0.25, 0.3) is 21.8 Å². The highest BCUT2D eigenvalue weighted by Gasteiger charge is 2.23. The number of anilines is 1. The molecule has 0 saturated carbocycles. The molecule has 4 rings (SSSR count). The summed E-state index contributed by atoms with van der Waals surface area (Å²) in [6.07, 6.45) is 0. The molecule has 0 unspecified atom stereocenters. The fraction of sp³-hybridized carbons (Fsp3) is 0.364. The van der Waals surface area contributed by atoms with Crippen molar-refractivity contribution in [2.75, 3.05) is 38.0 Å². The Morgan fingerprint density at radius 2 is 1.75 bits per heavy atom. The highest BCUT2D eigenvalue weighted by atomic mass is 16.2. The van der Waals surface area contributed by atoms with Crippen LogP contribution in [0.1, 0.15) is 13.8 Å². The molecular weight excluding hydrogens is 352 g/mol. The van der Waals surface area contributed by atoms with Crippen LogP contribution in [0.2, 0.25) is 0 Å². The van der Waals surface area contributed by atoms with Gasteiger partial charge in [0.1, 0.15) is 0 Å². The van der Waals surface area contributed by atoms with Crippen LogP contribution in [0.15, 0.2) is 42.5 Å². The summed E-state index contributed by atoms with van der Waals surface area (Å²) < 4.78 is 2.30. The van der Waals surface area contributed by atoms with Crippen molar-refractivity contribution in [1.82, 2.24) is 9.47 Å². The highest BCUT2D eigenvalue weighted by molar-refractivity contribution is 6.09. The van der Waals surface area contributed by atoms with Gasteiger partial charge in [-0.2, -0.15) is 0 Å². The van der Waals surface area contributed by atoms with Crippen molar-refractivity contribution in [3.8, 4) is 0 Å². The number of rotatable bonds is 4. The number of fused-ring (bicyclic) bond motifs is 3. The molecular formula is C22H27N4O2+. The predicted octanol–water partition coefficient (Wildman–Crippen LogP) is 1.50. The van der Waals surface area contributed by atoms with Crippen molar-refractivity contribution in [2.45, 2.75) is 20.4 Å². The minimum absolute atomic E-state index is 0.0184. The number of quaternary nitrogens is 1. The summed E-state index contributed by atoms with van der Waals surface area (Å²) in [5.74, 6) is 0.132. The molecule has 0 spiro atoms. The summed E-state index contributed by atoms with van der Waals surface area (Å²) in [5.41, 5.74) is 3.24. The van der Waals surface area contributed by atoms with Gasteiger partial charge in [-0.1, -0.05) is 18.2 Å². The van der Waals surface area contributed by atoms with Crippen LogP contribution >= 0.6 is 0 Å². The minimum Gasteiger partial charge on any atom is -0.341 e. The van der Waals surface area contributed by atoms with Gasteiger partial charge in [-0.05, 0) is 31.2 Å². The molecule has 0 bridgehead atoms. The van der Waals surface area contributed by atoms with Gasteiger partial charge in [-0.25, -0.2) is 0 Å². The van der Waals surface area contributed by atoms with E-state index in [2.05, 4.69) is 53.2 Å². The number of para-hydroxylation sites is 1. The molecule has 1 saturated heterocycles. The second kappa shape index (κ2) is 7.64. The highest BCUT2D eigenvalue weighted by Crippen LogP contribution is 2.30. The second-order valence-electron chi connectivity index (χ2n) is 7.47. The van der Waals surface area contributed by atoms with E-state index in [1.807, 2.05) is 11.0 Å². The van der Waals surface area contributed by atoms with Crippen LogP contribution in [-0.2, 0) is 16.1 Å². The van der Waals surface area contributed by atoms with Crippen LogP contribution < -0.4 is 10.2 Å². The Labute approximate surface area is 164 Å². The molecule has 1 fully saturated rings. The van der Waals surface area contributed by atoms with Crippen molar-refractivity contribution in [3.05, 3.63) is 42.5 Å². The maximum atomic E-state index is 12.5. The van der Waals surface area contributed by atoms with Crippen molar-refractivity contribution in [2.24, 2.45) is 0 Å². The van der Waals surface area contributed by atoms with E-state index in [9.17, 15) is 9.59 Å². The third-order valence-corrected chi connectivity index (χ3v) is 5.70. The average molecular weight is 379 g/mol. The second-order valence-corrected chi connectivity index (χ2v) is 7.47. The first-order chi connectivity index (χ1) is 13.6. The normalized spacial score (nSPS) is 15.3. The van der Waals surface area contributed by atoms with E-state index >= 15 is 0 Å². The molecule has 0 radical (unpaired) electrons. The number of amides is 2. The van der Waals surface area contributed by atoms with Crippen molar-refractivity contribution < 1.29 is 14.5 Å². The fourth-order valence-corrected chi connectivity index (χ4v) is 4.22. The van der Waals surface area contributed by atoms with E-state index in [0.717, 1.165) is 43.8 Å². The van der Waals surface area contributed by atoms with Crippen LogP contribution in [0.4, 0.5) is 5.69 Å². The van der Waals surface area contributed by atoms with Gasteiger partial charge in [0.15, 0.2) is 6.54 Å². The molecule has 1 aliphatic heterocycles. The lowest BCUT2D eigenvalue weighted by atomic mass is 10.1. The van der Waals surface area contributed by atoms with Crippen LogP contribution in [0.5, 0.6) is 0 Å². The molecule has 6 nitrogen and oxygen atoms in total. The lowest BCUT2D eigenvalue weighted by Gasteiger charge is -2.31. The van der Waals surface area contributed by atoms with E-state index in [1.54, 1.807) is 6.92 Å². The third-order valence-electron chi connectivity index (χ3n) is 5.70. The van der Waals surface area contributed by atoms with Gasteiger partial charge in [0.2, 0.25) is 5.91 Å². The van der Waals surface area contributed by atoms with Gasteiger partial charge >= 0.3 is 0 Å². The van der Waals surface area contributed by atoms with Gasteiger partial charge < -0.3 is 19.7 Å².